The number of halogens is 1. The molecule has 0 aromatic rings. The van der Waals surface area contributed by atoms with Crippen LogP contribution in [0.15, 0.2) is 0 Å². The van der Waals surface area contributed by atoms with Gasteiger partial charge in [-0.25, -0.2) is 0 Å². The fourth-order valence-electron chi connectivity index (χ4n) is 1.77. The lowest BCUT2D eigenvalue weighted by Gasteiger charge is -2.17. The van der Waals surface area contributed by atoms with Gasteiger partial charge in [0.1, 0.15) is 0 Å². The first kappa shape index (κ1) is 15.9. The summed E-state index contributed by atoms with van der Waals surface area (Å²) in [5.41, 5.74) is 0. The molecule has 3 heteroatoms. The van der Waals surface area contributed by atoms with Gasteiger partial charge < -0.3 is 0 Å². The SMILES string of the molecule is CCCC(CCCCCC(C)(C)Br)NP. The zero-order chi connectivity index (χ0) is 11.7. The molecule has 0 rings (SSSR count). The summed E-state index contributed by atoms with van der Waals surface area (Å²) in [4.78, 5) is 0. The smallest absolute Gasteiger partial charge is 0.0201 e. The molecule has 0 heterocycles. The number of unbranched alkanes of at least 4 members (excludes halogenated alkanes) is 2. The minimum absolute atomic E-state index is 0.328. The average Bonchev–Trinajstić information content (AvgIpc) is 2.14. The Bertz CT molecular complexity index is 145. The van der Waals surface area contributed by atoms with Crippen molar-refractivity contribution < 1.29 is 0 Å². The van der Waals surface area contributed by atoms with Crippen LogP contribution in [0.2, 0.25) is 0 Å². The molecule has 0 saturated carbocycles. The van der Waals surface area contributed by atoms with E-state index in [-0.39, 0.29) is 0 Å². The Labute approximate surface area is 107 Å². The summed E-state index contributed by atoms with van der Waals surface area (Å²) < 4.78 is 0.328. The molecule has 0 saturated heterocycles. The predicted octanol–water partition coefficient (Wildman–Crippen LogP) is 4.66. The summed E-state index contributed by atoms with van der Waals surface area (Å²) in [7, 11) is 2.65. The lowest BCUT2D eigenvalue weighted by atomic mass is 10.0. The maximum absolute atomic E-state index is 3.68. The summed E-state index contributed by atoms with van der Waals surface area (Å²) >= 11 is 3.68. The molecule has 2 atom stereocenters. The molecular formula is C12H27BrNP. The van der Waals surface area contributed by atoms with Gasteiger partial charge >= 0.3 is 0 Å². The van der Waals surface area contributed by atoms with E-state index in [1.54, 1.807) is 0 Å². The first-order valence-electron chi connectivity index (χ1n) is 6.14. The molecule has 2 unspecified atom stereocenters. The van der Waals surface area contributed by atoms with Crippen molar-refractivity contribution >= 4 is 25.3 Å². The van der Waals surface area contributed by atoms with Crippen molar-refractivity contribution in [2.45, 2.75) is 76.1 Å². The van der Waals surface area contributed by atoms with E-state index in [4.69, 9.17) is 0 Å². The predicted molar refractivity (Wildman–Crippen MR) is 77.6 cm³/mol. The molecule has 0 aromatic heterocycles. The van der Waals surface area contributed by atoms with E-state index in [9.17, 15) is 0 Å². The van der Waals surface area contributed by atoms with Crippen LogP contribution in [0.5, 0.6) is 0 Å². The molecule has 1 nitrogen and oxygen atoms in total. The summed E-state index contributed by atoms with van der Waals surface area (Å²) in [6.45, 7) is 6.75. The molecule has 0 aliphatic carbocycles. The Hall–Kier alpha value is 0.870. The highest BCUT2D eigenvalue weighted by Gasteiger charge is 2.11. The number of hydrogen-bond donors (Lipinski definition) is 1. The van der Waals surface area contributed by atoms with Gasteiger partial charge in [0.05, 0.1) is 0 Å². The largest absolute Gasteiger partial charge is 0.298 e. The van der Waals surface area contributed by atoms with Crippen LogP contribution in [-0.2, 0) is 0 Å². The van der Waals surface area contributed by atoms with E-state index in [2.05, 4.69) is 51.2 Å². The van der Waals surface area contributed by atoms with Crippen LogP contribution >= 0.6 is 25.3 Å². The topological polar surface area (TPSA) is 12.0 Å². The van der Waals surface area contributed by atoms with Gasteiger partial charge in [0, 0.05) is 10.4 Å². The Kier molecular flexibility index (Phi) is 9.48. The van der Waals surface area contributed by atoms with E-state index < -0.39 is 0 Å². The van der Waals surface area contributed by atoms with Gasteiger partial charge in [-0.2, -0.15) is 0 Å². The maximum atomic E-state index is 3.68. The van der Waals surface area contributed by atoms with E-state index in [0.29, 0.717) is 10.4 Å². The fraction of sp³-hybridized carbons (Fsp3) is 1.00. The third-order valence-corrected chi connectivity index (χ3v) is 3.56. The number of alkyl halides is 1. The summed E-state index contributed by atoms with van der Waals surface area (Å²) in [6, 6.07) is 0.706. The second kappa shape index (κ2) is 8.96. The van der Waals surface area contributed by atoms with Crippen molar-refractivity contribution in [1.29, 1.82) is 0 Å². The van der Waals surface area contributed by atoms with Crippen LogP contribution in [-0.4, -0.2) is 10.4 Å². The summed E-state index contributed by atoms with van der Waals surface area (Å²) in [5.74, 6) is 0. The number of hydrogen-bond acceptors (Lipinski definition) is 1. The quantitative estimate of drug-likeness (QED) is 0.371. The van der Waals surface area contributed by atoms with Crippen LogP contribution in [0.1, 0.15) is 65.7 Å². The Balaban J connectivity index is 3.36. The molecule has 92 valence electrons. The highest BCUT2D eigenvalue weighted by molar-refractivity contribution is 9.10. The second-order valence-corrected chi connectivity index (χ2v) is 7.45. The first-order chi connectivity index (χ1) is 6.99. The monoisotopic (exact) mass is 295 g/mol. The normalized spacial score (nSPS) is 14.2. The molecule has 1 N–H and O–H groups in total. The van der Waals surface area contributed by atoms with Crippen LogP contribution in [0.25, 0.3) is 0 Å². The summed E-state index contributed by atoms with van der Waals surface area (Å²) in [6.07, 6.45) is 9.23. The van der Waals surface area contributed by atoms with Gasteiger partial charge in [0.15, 0.2) is 0 Å². The van der Waals surface area contributed by atoms with Crippen molar-refractivity contribution in [3.05, 3.63) is 0 Å². The van der Waals surface area contributed by atoms with Crippen LogP contribution in [0, 0.1) is 0 Å². The standard InChI is InChI=1S/C12H27BrNP/c1-4-8-11(14-15)9-6-5-7-10-12(2,3)13/h11,14H,4-10,15H2,1-3H3. The van der Waals surface area contributed by atoms with Crippen molar-refractivity contribution in [2.75, 3.05) is 0 Å². The van der Waals surface area contributed by atoms with Gasteiger partial charge in [-0.3, -0.25) is 5.09 Å². The average molecular weight is 296 g/mol. The van der Waals surface area contributed by atoms with Crippen LogP contribution < -0.4 is 5.09 Å². The van der Waals surface area contributed by atoms with E-state index in [1.807, 2.05) is 0 Å². The molecule has 0 radical (unpaired) electrons. The Morgan fingerprint density at radius 2 is 1.87 bits per heavy atom. The summed E-state index contributed by atoms with van der Waals surface area (Å²) in [5, 5.41) is 3.32. The minimum atomic E-state index is 0.328. The molecule has 0 aliphatic heterocycles. The third kappa shape index (κ3) is 11.1. The Morgan fingerprint density at radius 1 is 1.20 bits per heavy atom. The van der Waals surface area contributed by atoms with Crippen molar-refractivity contribution in [3.63, 3.8) is 0 Å². The zero-order valence-electron chi connectivity index (χ0n) is 10.5. The molecule has 0 spiro atoms. The van der Waals surface area contributed by atoms with Gasteiger partial charge in [-0.1, -0.05) is 71.8 Å². The molecule has 0 bridgehead atoms. The molecule has 0 aliphatic rings. The first-order valence-corrected chi connectivity index (χ1v) is 7.51. The molecule has 0 amide bonds. The molecule has 0 aromatic carbocycles. The number of rotatable bonds is 9. The Morgan fingerprint density at radius 3 is 2.33 bits per heavy atom. The minimum Gasteiger partial charge on any atom is -0.298 e. The van der Waals surface area contributed by atoms with Gasteiger partial charge in [-0.15, -0.1) is 0 Å². The third-order valence-electron chi connectivity index (χ3n) is 2.70. The van der Waals surface area contributed by atoms with E-state index in [1.165, 1.54) is 44.9 Å². The lowest BCUT2D eigenvalue weighted by molar-refractivity contribution is 0.483. The van der Waals surface area contributed by atoms with Crippen LogP contribution in [0.4, 0.5) is 0 Å². The van der Waals surface area contributed by atoms with Gasteiger partial charge in [0.25, 0.3) is 0 Å². The second-order valence-electron chi connectivity index (χ2n) is 4.97. The van der Waals surface area contributed by atoms with Gasteiger partial charge in [0.2, 0.25) is 0 Å². The zero-order valence-corrected chi connectivity index (χ0v) is 13.2. The fourth-order valence-corrected chi connectivity index (χ4v) is 2.39. The molecule has 0 fully saturated rings. The lowest BCUT2D eigenvalue weighted by Crippen LogP contribution is -2.19. The number of nitrogens with one attached hydrogen (secondary N) is 1. The van der Waals surface area contributed by atoms with Gasteiger partial charge in [-0.05, 0) is 19.3 Å². The van der Waals surface area contributed by atoms with E-state index >= 15 is 0 Å². The van der Waals surface area contributed by atoms with Crippen molar-refractivity contribution in [3.8, 4) is 0 Å². The maximum Gasteiger partial charge on any atom is 0.0201 e. The highest BCUT2D eigenvalue weighted by atomic mass is 79.9. The van der Waals surface area contributed by atoms with Crippen molar-refractivity contribution in [1.82, 2.24) is 5.09 Å². The highest BCUT2D eigenvalue weighted by Crippen LogP contribution is 2.23. The van der Waals surface area contributed by atoms with Crippen LogP contribution in [0.3, 0.4) is 0 Å². The molecular weight excluding hydrogens is 269 g/mol. The molecule has 15 heavy (non-hydrogen) atoms. The van der Waals surface area contributed by atoms with Crippen molar-refractivity contribution in [2.24, 2.45) is 0 Å². The van der Waals surface area contributed by atoms with E-state index in [0.717, 1.165) is 0 Å².